The van der Waals surface area contributed by atoms with Gasteiger partial charge in [0.1, 0.15) is 0 Å². The first kappa shape index (κ1) is 15.5. The monoisotopic (exact) mass is 290 g/mol. The van der Waals surface area contributed by atoms with E-state index in [1.165, 1.54) is 0 Å². The molecule has 1 aromatic rings. The van der Waals surface area contributed by atoms with E-state index in [1.807, 2.05) is 29.2 Å². The normalized spacial score (nSPS) is 20.2. The van der Waals surface area contributed by atoms with Crippen LogP contribution in [0.25, 0.3) is 0 Å². The summed E-state index contributed by atoms with van der Waals surface area (Å²) in [5, 5.41) is 2.88. The first-order valence-corrected chi connectivity index (χ1v) is 7.18. The summed E-state index contributed by atoms with van der Waals surface area (Å²) < 4.78 is 0. The molecule has 2 unspecified atom stereocenters. The summed E-state index contributed by atoms with van der Waals surface area (Å²) in [5.41, 5.74) is 12.7. The molecule has 2 amide bonds. The van der Waals surface area contributed by atoms with Crippen LogP contribution in [0.3, 0.4) is 0 Å². The van der Waals surface area contributed by atoms with Gasteiger partial charge in [-0.1, -0.05) is 18.2 Å². The molecule has 0 bridgehead atoms. The van der Waals surface area contributed by atoms with Gasteiger partial charge >= 0.3 is 0 Å². The fraction of sp³-hybridized carbons (Fsp3) is 0.467. The van der Waals surface area contributed by atoms with Crippen LogP contribution in [-0.2, 0) is 16.1 Å². The highest BCUT2D eigenvalue weighted by Gasteiger charge is 2.35. The highest BCUT2D eigenvalue weighted by molar-refractivity contribution is 5.95. The lowest BCUT2D eigenvalue weighted by molar-refractivity contribution is -0.126. The molecular weight excluding hydrogens is 268 g/mol. The Hall–Kier alpha value is -1.92. The molecular formula is C15H22N4O2. The molecule has 1 aromatic carbocycles. The van der Waals surface area contributed by atoms with Gasteiger partial charge in [0.05, 0.1) is 12.1 Å². The Labute approximate surface area is 124 Å². The predicted molar refractivity (Wildman–Crippen MR) is 81.3 cm³/mol. The predicted octanol–water partition coefficient (Wildman–Crippen LogP) is 0.422. The molecule has 6 nitrogen and oxygen atoms in total. The van der Waals surface area contributed by atoms with E-state index >= 15 is 0 Å². The van der Waals surface area contributed by atoms with E-state index < -0.39 is 6.04 Å². The van der Waals surface area contributed by atoms with Gasteiger partial charge in [-0.05, 0) is 37.9 Å². The van der Waals surface area contributed by atoms with Gasteiger partial charge in [0.2, 0.25) is 11.8 Å². The highest BCUT2D eigenvalue weighted by atomic mass is 16.2. The van der Waals surface area contributed by atoms with Gasteiger partial charge < -0.3 is 16.8 Å². The van der Waals surface area contributed by atoms with Crippen molar-refractivity contribution in [1.82, 2.24) is 4.90 Å². The van der Waals surface area contributed by atoms with Gasteiger partial charge in [-0.2, -0.15) is 0 Å². The Morgan fingerprint density at radius 2 is 2.14 bits per heavy atom. The van der Waals surface area contributed by atoms with E-state index in [1.54, 1.807) is 6.92 Å². The lowest BCUT2D eigenvalue weighted by atomic mass is 10.1. The number of amides is 2. The SMILES string of the molecule is CC(C(=O)Nc1ccccc1CN)N1CCCC1C(N)=O. The summed E-state index contributed by atoms with van der Waals surface area (Å²) in [6.07, 6.45) is 1.59. The molecule has 0 spiro atoms. The lowest BCUT2D eigenvalue weighted by Crippen LogP contribution is -2.49. The number of nitrogens with two attached hydrogens (primary N) is 2. The van der Waals surface area contributed by atoms with Crippen molar-refractivity contribution in [2.24, 2.45) is 11.5 Å². The minimum absolute atomic E-state index is 0.149. The van der Waals surface area contributed by atoms with Crippen LogP contribution < -0.4 is 16.8 Å². The van der Waals surface area contributed by atoms with Crippen LogP contribution in [0.4, 0.5) is 5.69 Å². The van der Waals surface area contributed by atoms with E-state index in [0.29, 0.717) is 25.2 Å². The first-order chi connectivity index (χ1) is 10.0. The summed E-state index contributed by atoms with van der Waals surface area (Å²) in [5.74, 6) is -0.515. The Morgan fingerprint density at radius 1 is 1.43 bits per heavy atom. The number of carbonyl (C=O) groups excluding carboxylic acids is 2. The maximum atomic E-state index is 12.4. The van der Waals surface area contributed by atoms with Crippen molar-refractivity contribution in [3.8, 4) is 0 Å². The third kappa shape index (κ3) is 3.40. The van der Waals surface area contributed by atoms with Crippen molar-refractivity contribution < 1.29 is 9.59 Å². The topological polar surface area (TPSA) is 101 Å². The zero-order valence-corrected chi connectivity index (χ0v) is 12.2. The Morgan fingerprint density at radius 3 is 2.81 bits per heavy atom. The summed E-state index contributed by atoms with van der Waals surface area (Å²) in [6.45, 7) is 2.86. The third-order valence-electron chi connectivity index (χ3n) is 3.99. The molecule has 0 saturated carbocycles. The number of para-hydroxylation sites is 1. The largest absolute Gasteiger partial charge is 0.368 e. The number of carbonyl (C=O) groups is 2. The van der Waals surface area contributed by atoms with Crippen molar-refractivity contribution >= 4 is 17.5 Å². The van der Waals surface area contributed by atoms with Crippen LogP contribution in [0.5, 0.6) is 0 Å². The van der Waals surface area contributed by atoms with Crippen molar-refractivity contribution in [2.45, 2.75) is 38.4 Å². The molecule has 1 fully saturated rings. The van der Waals surface area contributed by atoms with E-state index in [-0.39, 0.29) is 17.9 Å². The quantitative estimate of drug-likeness (QED) is 0.731. The number of anilines is 1. The molecule has 1 heterocycles. The van der Waals surface area contributed by atoms with Crippen molar-refractivity contribution in [1.29, 1.82) is 0 Å². The van der Waals surface area contributed by atoms with Crippen molar-refractivity contribution in [2.75, 3.05) is 11.9 Å². The second kappa shape index (κ2) is 6.69. The second-order valence-corrected chi connectivity index (χ2v) is 5.32. The van der Waals surface area contributed by atoms with Crippen molar-refractivity contribution in [3.63, 3.8) is 0 Å². The Kier molecular flexibility index (Phi) is 4.93. The minimum Gasteiger partial charge on any atom is -0.368 e. The zero-order valence-electron chi connectivity index (χ0n) is 12.2. The molecule has 21 heavy (non-hydrogen) atoms. The molecule has 6 heteroatoms. The maximum absolute atomic E-state index is 12.4. The zero-order chi connectivity index (χ0) is 15.4. The van der Waals surface area contributed by atoms with Gasteiger partial charge in [0, 0.05) is 12.2 Å². The minimum atomic E-state index is -0.407. The van der Waals surface area contributed by atoms with Crippen LogP contribution in [0.15, 0.2) is 24.3 Å². The highest BCUT2D eigenvalue weighted by Crippen LogP contribution is 2.21. The number of rotatable bonds is 5. The Balaban J connectivity index is 2.07. The third-order valence-corrected chi connectivity index (χ3v) is 3.99. The average molecular weight is 290 g/mol. The van der Waals surface area contributed by atoms with E-state index in [4.69, 9.17) is 11.5 Å². The van der Waals surface area contributed by atoms with Crippen LogP contribution >= 0.6 is 0 Å². The van der Waals surface area contributed by atoms with Gasteiger partial charge in [-0.3, -0.25) is 14.5 Å². The summed E-state index contributed by atoms with van der Waals surface area (Å²) in [7, 11) is 0. The van der Waals surface area contributed by atoms with E-state index in [9.17, 15) is 9.59 Å². The van der Waals surface area contributed by atoms with Gasteiger partial charge in [-0.25, -0.2) is 0 Å². The van der Waals surface area contributed by atoms with Crippen LogP contribution in [0, 0.1) is 0 Å². The standard InChI is InChI=1S/C15H22N4O2/c1-10(19-8-4-7-13(19)14(17)20)15(21)18-12-6-3-2-5-11(12)9-16/h2-3,5-6,10,13H,4,7-9,16H2,1H3,(H2,17,20)(H,18,21). The fourth-order valence-electron chi connectivity index (χ4n) is 2.77. The van der Waals surface area contributed by atoms with Crippen LogP contribution in [0.2, 0.25) is 0 Å². The maximum Gasteiger partial charge on any atom is 0.241 e. The summed E-state index contributed by atoms with van der Waals surface area (Å²) in [6, 6.07) is 6.67. The molecule has 2 atom stereocenters. The van der Waals surface area contributed by atoms with Crippen LogP contribution in [0.1, 0.15) is 25.3 Å². The number of hydrogen-bond acceptors (Lipinski definition) is 4. The molecule has 5 N–H and O–H groups in total. The van der Waals surface area contributed by atoms with Crippen LogP contribution in [-0.4, -0.2) is 35.3 Å². The molecule has 1 saturated heterocycles. The van der Waals surface area contributed by atoms with Crippen molar-refractivity contribution in [3.05, 3.63) is 29.8 Å². The molecule has 1 aliphatic heterocycles. The number of likely N-dealkylation sites (tertiary alicyclic amines) is 1. The van der Waals surface area contributed by atoms with Gasteiger partial charge in [0.25, 0.3) is 0 Å². The number of benzene rings is 1. The fourth-order valence-corrected chi connectivity index (χ4v) is 2.77. The molecule has 1 aliphatic rings. The molecule has 2 rings (SSSR count). The Bertz CT molecular complexity index is 532. The molecule has 0 radical (unpaired) electrons. The van der Waals surface area contributed by atoms with E-state index in [0.717, 1.165) is 12.0 Å². The molecule has 0 aliphatic carbocycles. The van der Waals surface area contributed by atoms with E-state index in [2.05, 4.69) is 5.32 Å². The van der Waals surface area contributed by atoms with Gasteiger partial charge in [0.15, 0.2) is 0 Å². The summed E-state index contributed by atoms with van der Waals surface area (Å²) >= 11 is 0. The second-order valence-electron chi connectivity index (χ2n) is 5.32. The number of nitrogens with zero attached hydrogens (tertiary/aromatic N) is 1. The first-order valence-electron chi connectivity index (χ1n) is 7.18. The smallest absolute Gasteiger partial charge is 0.241 e. The number of hydrogen-bond donors (Lipinski definition) is 3. The molecule has 0 aromatic heterocycles. The number of primary amides is 1. The average Bonchev–Trinajstić information content (AvgIpc) is 2.96. The summed E-state index contributed by atoms with van der Waals surface area (Å²) in [4.78, 5) is 25.7. The molecule has 114 valence electrons. The number of nitrogens with one attached hydrogen (secondary N) is 1. The van der Waals surface area contributed by atoms with Gasteiger partial charge in [-0.15, -0.1) is 0 Å². The lowest BCUT2D eigenvalue weighted by Gasteiger charge is -2.28.